The number of aromatic nitrogens is 3. The smallest absolute Gasteiger partial charge is 0.305 e. The first kappa shape index (κ1) is 18.1. The van der Waals surface area contributed by atoms with Gasteiger partial charge in [-0.2, -0.15) is 5.10 Å². The minimum atomic E-state index is -0.438. The lowest BCUT2D eigenvalue weighted by Gasteiger charge is -2.10. The zero-order valence-corrected chi connectivity index (χ0v) is 15.1. The van der Waals surface area contributed by atoms with E-state index in [1.54, 1.807) is 10.6 Å². The Kier molecular flexibility index (Phi) is 5.63. The molecule has 0 spiro atoms. The molecule has 6 nitrogen and oxygen atoms in total. The second-order valence-electron chi connectivity index (χ2n) is 5.84. The molecule has 0 atom stereocenters. The molecule has 26 heavy (non-hydrogen) atoms. The third kappa shape index (κ3) is 3.91. The number of hydrogen-bond acceptors (Lipinski definition) is 5. The number of aryl methyl sites for hydroxylation is 2. The molecule has 0 saturated carbocycles. The molecule has 1 aromatic carbocycles. The summed E-state index contributed by atoms with van der Waals surface area (Å²) < 4.78 is 6.21. The summed E-state index contributed by atoms with van der Waals surface area (Å²) >= 11 is 6.37. The van der Waals surface area contributed by atoms with Gasteiger partial charge in [0.15, 0.2) is 11.4 Å². The van der Waals surface area contributed by atoms with Crippen molar-refractivity contribution >= 4 is 29.0 Å². The molecule has 3 rings (SSSR count). The molecule has 0 N–H and O–H groups in total. The molecule has 0 saturated heterocycles. The fourth-order valence-corrected chi connectivity index (χ4v) is 3.12. The maximum absolute atomic E-state index is 12.5. The Morgan fingerprint density at radius 2 is 1.92 bits per heavy atom. The Labute approximate surface area is 155 Å². The molecule has 134 valence electrons. The normalized spacial score (nSPS) is 10.8. The van der Waals surface area contributed by atoms with Crippen LogP contribution in [0.4, 0.5) is 0 Å². The number of rotatable bonds is 7. The van der Waals surface area contributed by atoms with Gasteiger partial charge in [0.2, 0.25) is 0 Å². The van der Waals surface area contributed by atoms with Gasteiger partial charge in [-0.05, 0) is 24.5 Å². The van der Waals surface area contributed by atoms with Gasteiger partial charge < -0.3 is 4.74 Å². The minimum Gasteiger partial charge on any atom is -0.469 e. The summed E-state index contributed by atoms with van der Waals surface area (Å²) in [5, 5.41) is 4.55. The number of halogens is 1. The number of fused-ring (bicyclic) bond motifs is 1. The van der Waals surface area contributed by atoms with Crippen LogP contribution >= 0.6 is 11.6 Å². The first-order valence-corrected chi connectivity index (χ1v) is 8.63. The number of ketones is 1. The molecule has 0 radical (unpaired) electrons. The number of nitrogens with zero attached hydrogens (tertiary/aromatic N) is 3. The van der Waals surface area contributed by atoms with E-state index in [-0.39, 0.29) is 24.2 Å². The van der Waals surface area contributed by atoms with Crippen molar-refractivity contribution < 1.29 is 14.3 Å². The number of carbonyl (C=O) groups is 2. The van der Waals surface area contributed by atoms with Crippen molar-refractivity contribution in [2.24, 2.45) is 0 Å². The van der Waals surface area contributed by atoms with Gasteiger partial charge in [0, 0.05) is 12.1 Å². The lowest BCUT2D eigenvalue weighted by Crippen LogP contribution is -2.11. The Balaban J connectivity index is 1.86. The average Bonchev–Trinajstić information content (AvgIpc) is 3.14. The Morgan fingerprint density at radius 1 is 1.15 bits per heavy atom. The van der Waals surface area contributed by atoms with Crippen LogP contribution in [0, 0.1) is 0 Å². The molecule has 0 amide bonds. The molecule has 0 aliphatic heterocycles. The van der Waals surface area contributed by atoms with Gasteiger partial charge in [0.05, 0.1) is 24.1 Å². The highest BCUT2D eigenvalue weighted by Gasteiger charge is 2.20. The Bertz CT molecular complexity index is 938. The number of esters is 1. The summed E-state index contributed by atoms with van der Waals surface area (Å²) in [4.78, 5) is 28.0. The van der Waals surface area contributed by atoms with E-state index in [0.717, 1.165) is 12.1 Å². The quantitative estimate of drug-likeness (QED) is 0.470. The van der Waals surface area contributed by atoms with E-state index in [4.69, 9.17) is 11.6 Å². The predicted octanol–water partition coefficient (Wildman–Crippen LogP) is 3.30. The summed E-state index contributed by atoms with van der Waals surface area (Å²) in [7, 11) is 1.29. The Morgan fingerprint density at radius 3 is 2.65 bits per heavy atom. The van der Waals surface area contributed by atoms with Gasteiger partial charge in [0.25, 0.3) is 0 Å². The standard InChI is InChI=1S/C19H18ClN3O3/c1-26-17(25)10-9-16(24)18-15(20)11-14(23-19(18)21-12-22-23)8-7-13-5-3-2-4-6-13/h2-6,11-12H,7-10H2,1H3. The number of methoxy groups -OCH3 is 1. The summed E-state index contributed by atoms with van der Waals surface area (Å²) in [6.07, 6.45) is 2.94. The zero-order chi connectivity index (χ0) is 18.5. The second-order valence-corrected chi connectivity index (χ2v) is 6.25. The number of ether oxygens (including phenoxy) is 1. The van der Waals surface area contributed by atoms with E-state index in [1.807, 2.05) is 18.2 Å². The van der Waals surface area contributed by atoms with Crippen molar-refractivity contribution in [1.82, 2.24) is 14.6 Å². The molecule has 0 aliphatic rings. The van der Waals surface area contributed by atoms with Crippen molar-refractivity contribution in [3.05, 3.63) is 64.6 Å². The van der Waals surface area contributed by atoms with Gasteiger partial charge in [-0.1, -0.05) is 41.9 Å². The second kappa shape index (κ2) is 8.10. The molecule has 0 fully saturated rings. The predicted molar refractivity (Wildman–Crippen MR) is 97.4 cm³/mol. The van der Waals surface area contributed by atoms with Gasteiger partial charge in [0.1, 0.15) is 6.33 Å². The van der Waals surface area contributed by atoms with Crippen LogP contribution in [0.2, 0.25) is 5.02 Å². The van der Waals surface area contributed by atoms with Crippen molar-refractivity contribution in [2.75, 3.05) is 7.11 Å². The highest BCUT2D eigenvalue weighted by Crippen LogP contribution is 2.25. The van der Waals surface area contributed by atoms with Gasteiger partial charge >= 0.3 is 5.97 Å². The fourth-order valence-electron chi connectivity index (χ4n) is 2.80. The van der Waals surface area contributed by atoms with Crippen LogP contribution in [0.5, 0.6) is 0 Å². The topological polar surface area (TPSA) is 73.6 Å². The summed E-state index contributed by atoms with van der Waals surface area (Å²) in [6.45, 7) is 0. The van der Waals surface area contributed by atoms with E-state index in [9.17, 15) is 9.59 Å². The van der Waals surface area contributed by atoms with E-state index >= 15 is 0 Å². The molecule has 0 unspecified atom stereocenters. The number of Topliss-reactive ketones (excluding diaryl/α,β-unsaturated/α-hetero) is 1. The summed E-state index contributed by atoms with van der Waals surface area (Å²) in [5.41, 5.74) is 2.78. The highest BCUT2D eigenvalue weighted by atomic mass is 35.5. The molecular weight excluding hydrogens is 354 g/mol. The van der Waals surface area contributed by atoms with E-state index in [2.05, 4.69) is 27.0 Å². The lowest BCUT2D eigenvalue weighted by molar-refractivity contribution is -0.140. The molecule has 0 bridgehead atoms. The number of carbonyl (C=O) groups excluding carboxylic acids is 2. The van der Waals surface area contributed by atoms with Crippen molar-refractivity contribution in [3.8, 4) is 0 Å². The number of pyridine rings is 1. The molecule has 7 heteroatoms. The molecule has 2 aromatic heterocycles. The fraction of sp³-hybridized carbons (Fsp3) is 0.263. The zero-order valence-electron chi connectivity index (χ0n) is 14.3. The van der Waals surface area contributed by atoms with E-state index in [0.29, 0.717) is 17.1 Å². The van der Waals surface area contributed by atoms with Crippen LogP contribution in [0.1, 0.15) is 34.5 Å². The molecule has 3 aromatic rings. The maximum atomic E-state index is 12.5. The lowest BCUT2D eigenvalue weighted by atomic mass is 10.0. The minimum absolute atomic E-state index is 0.00170. The maximum Gasteiger partial charge on any atom is 0.305 e. The van der Waals surface area contributed by atoms with Crippen molar-refractivity contribution in [3.63, 3.8) is 0 Å². The van der Waals surface area contributed by atoms with Crippen molar-refractivity contribution in [2.45, 2.75) is 25.7 Å². The molecule has 2 heterocycles. The van der Waals surface area contributed by atoms with E-state index < -0.39 is 5.97 Å². The monoisotopic (exact) mass is 371 g/mol. The van der Waals surface area contributed by atoms with Crippen LogP contribution in [0.15, 0.2) is 42.7 Å². The Hall–Kier alpha value is -2.73. The summed E-state index contributed by atoms with van der Waals surface area (Å²) in [6, 6.07) is 11.8. The van der Waals surface area contributed by atoms with Crippen LogP contribution in [0.25, 0.3) is 5.65 Å². The highest BCUT2D eigenvalue weighted by molar-refractivity contribution is 6.35. The van der Waals surface area contributed by atoms with Crippen LogP contribution in [-0.4, -0.2) is 33.5 Å². The van der Waals surface area contributed by atoms with Gasteiger partial charge in [-0.3, -0.25) is 9.59 Å². The van der Waals surface area contributed by atoms with Gasteiger partial charge in [-0.25, -0.2) is 9.50 Å². The molecular formula is C19H18ClN3O3. The largest absolute Gasteiger partial charge is 0.469 e. The van der Waals surface area contributed by atoms with Crippen molar-refractivity contribution in [1.29, 1.82) is 0 Å². The van der Waals surface area contributed by atoms with E-state index in [1.165, 1.54) is 19.0 Å². The van der Waals surface area contributed by atoms with Crippen LogP contribution < -0.4 is 0 Å². The van der Waals surface area contributed by atoms with Crippen LogP contribution in [-0.2, 0) is 22.4 Å². The number of benzene rings is 1. The molecule has 0 aliphatic carbocycles. The SMILES string of the molecule is COC(=O)CCC(=O)c1c(Cl)cc(CCc2ccccc2)n2ncnc12. The van der Waals surface area contributed by atoms with Gasteiger partial charge in [-0.15, -0.1) is 0 Å². The number of hydrogen-bond donors (Lipinski definition) is 0. The first-order valence-electron chi connectivity index (χ1n) is 8.25. The third-order valence-corrected chi connectivity index (χ3v) is 4.45. The van der Waals surface area contributed by atoms with Crippen LogP contribution in [0.3, 0.4) is 0 Å². The average molecular weight is 372 g/mol. The first-order chi connectivity index (χ1) is 12.6. The summed E-state index contributed by atoms with van der Waals surface area (Å²) in [5.74, 6) is -0.695. The third-order valence-electron chi connectivity index (χ3n) is 4.15.